The van der Waals surface area contributed by atoms with Crippen molar-refractivity contribution in [1.29, 1.82) is 0 Å². The number of hydrogen-bond acceptors (Lipinski definition) is 7. The third kappa shape index (κ3) is 5.09. The van der Waals surface area contributed by atoms with Crippen molar-refractivity contribution < 1.29 is 28.2 Å². The van der Waals surface area contributed by atoms with E-state index in [1.54, 1.807) is 13.1 Å². The molecule has 1 aliphatic heterocycles. The summed E-state index contributed by atoms with van der Waals surface area (Å²) in [5.41, 5.74) is 0.799. The molecule has 2 unspecified atom stereocenters. The number of likely N-dealkylation sites (tertiary alicyclic amines) is 1. The average molecular weight is 586 g/mol. The van der Waals surface area contributed by atoms with Crippen molar-refractivity contribution in [3.05, 3.63) is 70.4 Å². The molecule has 0 spiro atoms. The number of carbonyl (C=O) groups is 1. The summed E-state index contributed by atoms with van der Waals surface area (Å²) in [5.74, 6) is -1.47. The second-order valence-electron chi connectivity index (χ2n) is 11.4. The summed E-state index contributed by atoms with van der Waals surface area (Å²) in [5, 5.41) is 29.6. The Bertz CT molecular complexity index is 1700. The van der Waals surface area contributed by atoms with Gasteiger partial charge in [-0.2, -0.15) is 9.49 Å². The Hall–Kier alpha value is -4.04. The molecule has 1 fully saturated rings. The van der Waals surface area contributed by atoms with Gasteiger partial charge < -0.3 is 15.1 Å². The highest BCUT2D eigenvalue weighted by Gasteiger charge is 2.37. The number of aromatic nitrogens is 6. The molecule has 2 N–H and O–H groups in total. The van der Waals surface area contributed by atoms with Gasteiger partial charge in [-0.25, -0.2) is 18.3 Å². The van der Waals surface area contributed by atoms with Crippen LogP contribution in [0.15, 0.2) is 47.8 Å². The first-order valence-electron chi connectivity index (χ1n) is 13.7. The van der Waals surface area contributed by atoms with Gasteiger partial charge in [0, 0.05) is 30.9 Å². The second-order valence-corrected chi connectivity index (χ2v) is 11.4. The van der Waals surface area contributed by atoms with Crippen LogP contribution in [0.1, 0.15) is 49.8 Å². The highest BCUT2D eigenvalue weighted by atomic mass is 19.3. The summed E-state index contributed by atoms with van der Waals surface area (Å²) in [7, 11) is 0. The van der Waals surface area contributed by atoms with Crippen molar-refractivity contribution in [2.45, 2.75) is 69.2 Å². The molecule has 2 aliphatic rings. The van der Waals surface area contributed by atoms with E-state index >= 15 is 0 Å². The van der Waals surface area contributed by atoms with Crippen molar-refractivity contribution in [2.24, 2.45) is 0 Å². The number of aryl methyl sites for hydroxylation is 1. The molecule has 4 heterocycles. The Labute approximate surface area is 237 Å². The highest BCUT2D eigenvalue weighted by Crippen LogP contribution is 2.38. The number of rotatable bonds is 7. The largest absolute Gasteiger partial charge is 0.388 e. The van der Waals surface area contributed by atoms with Crippen LogP contribution in [0.2, 0.25) is 0 Å². The number of benzene rings is 1. The van der Waals surface area contributed by atoms with Gasteiger partial charge in [-0.15, -0.1) is 5.10 Å². The summed E-state index contributed by atoms with van der Waals surface area (Å²) in [4.78, 5) is 31.7. The Kier molecular flexibility index (Phi) is 6.92. The monoisotopic (exact) mass is 585 g/mol. The maximum atomic E-state index is 13.6. The molecule has 1 aliphatic carbocycles. The van der Waals surface area contributed by atoms with E-state index in [1.807, 2.05) is 18.2 Å². The first kappa shape index (κ1) is 28.1. The third-order valence-electron chi connectivity index (χ3n) is 8.46. The minimum atomic E-state index is -2.92. The lowest BCUT2D eigenvalue weighted by molar-refractivity contribution is -0.138. The maximum absolute atomic E-state index is 13.6. The topological polar surface area (TPSA) is 131 Å². The predicted octanol–water partition coefficient (Wildman–Crippen LogP) is 2.30. The summed E-state index contributed by atoms with van der Waals surface area (Å²) in [6, 6.07) is 5.06. The normalized spacial score (nSPS) is 20.8. The summed E-state index contributed by atoms with van der Waals surface area (Å²) in [6.45, 7) is 1.91. The zero-order valence-electron chi connectivity index (χ0n) is 22.8. The average Bonchev–Trinajstić information content (AvgIpc) is 3.66. The molecule has 14 heteroatoms. The first-order valence-corrected chi connectivity index (χ1v) is 13.7. The maximum Gasteiger partial charge on any atom is 0.296 e. The quantitative estimate of drug-likeness (QED) is 0.340. The van der Waals surface area contributed by atoms with Crippen LogP contribution in [0.3, 0.4) is 0 Å². The number of halogens is 3. The summed E-state index contributed by atoms with van der Waals surface area (Å²) in [6.07, 6.45) is 2.09. The van der Waals surface area contributed by atoms with Crippen LogP contribution in [-0.2, 0) is 23.4 Å². The molecular formula is C28H30F3N7O4. The lowest BCUT2D eigenvalue weighted by atomic mass is 9.91. The standard InChI is InChI=1S/C28H30F3N7O4/c1-27(41)6-4-17-12-18(2-3-19(17)27)21-14-32-25-26(40)36(16-33-38(21)25)15-28(42)7-10-35(11-8-28)23(39)13-20(24(30)31)37-9-5-22(29)34-37/h2-3,5,9,12,14,16,20,24,41-42H,4,6-8,10-11,13,15H2,1H3. The molecule has 1 saturated heterocycles. The molecule has 6 rings (SSSR count). The Morgan fingerprint density at radius 2 is 1.90 bits per heavy atom. The van der Waals surface area contributed by atoms with Gasteiger partial charge in [0.25, 0.3) is 12.0 Å². The number of carbonyl (C=O) groups excluding carboxylic acids is 1. The number of piperidine rings is 1. The number of imidazole rings is 1. The van der Waals surface area contributed by atoms with Gasteiger partial charge in [-0.3, -0.25) is 18.8 Å². The lowest BCUT2D eigenvalue weighted by Gasteiger charge is -2.38. The van der Waals surface area contributed by atoms with Crippen LogP contribution in [0.25, 0.3) is 16.9 Å². The van der Waals surface area contributed by atoms with E-state index in [2.05, 4.69) is 15.2 Å². The summed E-state index contributed by atoms with van der Waals surface area (Å²) < 4.78 is 43.8. The zero-order chi connectivity index (χ0) is 29.8. The van der Waals surface area contributed by atoms with Gasteiger partial charge >= 0.3 is 0 Å². The van der Waals surface area contributed by atoms with Crippen molar-refractivity contribution in [1.82, 2.24) is 33.8 Å². The number of amides is 1. The molecule has 42 heavy (non-hydrogen) atoms. The fourth-order valence-electron chi connectivity index (χ4n) is 5.96. The molecule has 0 bridgehead atoms. The molecule has 2 atom stereocenters. The van der Waals surface area contributed by atoms with Crippen LogP contribution in [-0.4, -0.2) is 75.1 Å². The van der Waals surface area contributed by atoms with Crippen molar-refractivity contribution in [3.8, 4) is 11.3 Å². The number of nitrogens with zero attached hydrogens (tertiary/aromatic N) is 7. The van der Waals surface area contributed by atoms with Gasteiger partial charge in [0.1, 0.15) is 12.4 Å². The Morgan fingerprint density at radius 1 is 1.14 bits per heavy atom. The van der Waals surface area contributed by atoms with E-state index < -0.39 is 47.5 Å². The molecular weight excluding hydrogens is 555 g/mol. The van der Waals surface area contributed by atoms with Crippen molar-refractivity contribution >= 4 is 11.6 Å². The third-order valence-corrected chi connectivity index (χ3v) is 8.46. The van der Waals surface area contributed by atoms with E-state index in [9.17, 15) is 33.0 Å². The molecule has 1 amide bonds. The predicted molar refractivity (Wildman–Crippen MR) is 143 cm³/mol. The van der Waals surface area contributed by atoms with Crippen LogP contribution in [0.4, 0.5) is 13.2 Å². The lowest BCUT2D eigenvalue weighted by Crippen LogP contribution is -2.50. The minimum absolute atomic E-state index is 0.0836. The van der Waals surface area contributed by atoms with Crippen LogP contribution in [0.5, 0.6) is 0 Å². The van der Waals surface area contributed by atoms with E-state index in [4.69, 9.17) is 0 Å². The molecule has 1 aromatic carbocycles. The number of aliphatic hydroxyl groups is 2. The van der Waals surface area contributed by atoms with Crippen molar-refractivity contribution in [2.75, 3.05) is 13.1 Å². The zero-order valence-corrected chi connectivity index (χ0v) is 22.8. The SMILES string of the molecule is CC1(O)CCc2cc(-c3cnc4c(=O)n(CC5(O)CCN(C(=O)CC(C(F)F)n6ccc(F)n6)CC5)cnn34)ccc21. The molecule has 0 saturated carbocycles. The molecule has 222 valence electrons. The fourth-order valence-corrected chi connectivity index (χ4v) is 5.96. The summed E-state index contributed by atoms with van der Waals surface area (Å²) >= 11 is 0. The number of fused-ring (bicyclic) bond motifs is 2. The van der Waals surface area contributed by atoms with Gasteiger partial charge in [-0.05, 0) is 49.8 Å². The molecule has 4 aromatic rings. The van der Waals surface area contributed by atoms with Crippen molar-refractivity contribution in [3.63, 3.8) is 0 Å². The molecule has 0 radical (unpaired) electrons. The first-order chi connectivity index (χ1) is 19.9. The van der Waals surface area contributed by atoms with Gasteiger partial charge in [0.2, 0.25) is 17.5 Å². The number of hydrogen-bond donors (Lipinski definition) is 2. The fraction of sp³-hybridized carbons (Fsp3) is 0.464. The Balaban J connectivity index is 1.14. The minimum Gasteiger partial charge on any atom is -0.388 e. The van der Waals surface area contributed by atoms with E-state index in [0.29, 0.717) is 12.1 Å². The van der Waals surface area contributed by atoms with Crippen LogP contribution >= 0.6 is 0 Å². The van der Waals surface area contributed by atoms with Crippen LogP contribution < -0.4 is 5.56 Å². The second kappa shape index (κ2) is 10.3. The van der Waals surface area contributed by atoms with Crippen LogP contribution in [0, 0.1) is 5.95 Å². The van der Waals surface area contributed by atoms with Gasteiger partial charge in [-0.1, -0.05) is 12.1 Å². The number of alkyl halides is 2. The molecule has 3 aromatic heterocycles. The highest BCUT2D eigenvalue weighted by molar-refractivity contribution is 5.76. The van der Waals surface area contributed by atoms with E-state index in [1.165, 1.54) is 20.3 Å². The Morgan fingerprint density at radius 3 is 2.60 bits per heavy atom. The van der Waals surface area contributed by atoms with E-state index in [0.717, 1.165) is 40.1 Å². The smallest absolute Gasteiger partial charge is 0.296 e. The van der Waals surface area contributed by atoms with Gasteiger partial charge in [0.05, 0.1) is 36.1 Å². The molecule has 11 nitrogen and oxygen atoms in total. The van der Waals surface area contributed by atoms with Gasteiger partial charge in [0.15, 0.2) is 0 Å². The van der Waals surface area contributed by atoms with E-state index in [-0.39, 0.29) is 38.1 Å².